The maximum Gasteiger partial charge on any atom is 0.339 e. The average molecular weight is 255 g/mol. The van der Waals surface area contributed by atoms with E-state index in [1.807, 2.05) is 0 Å². The van der Waals surface area contributed by atoms with Gasteiger partial charge < -0.3 is 25.9 Å². The fourth-order valence-electron chi connectivity index (χ4n) is 1.38. The number of hydrogen-bond acceptors (Lipinski definition) is 4. The molecule has 0 unspecified atom stereocenters. The Morgan fingerprint density at radius 1 is 1.44 bits per heavy atom. The second kappa shape index (κ2) is 6.65. The van der Waals surface area contributed by atoms with Gasteiger partial charge in [-0.15, -0.1) is 0 Å². The van der Waals surface area contributed by atoms with E-state index in [1.54, 1.807) is 6.92 Å². The average Bonchev–Trinajstić information content (AvgIpc) is 2.68. The second-order valence-electron chi connectivity index (χ2n) is 3.74. The largest absolute Gasteiger partial charge is 0.478 e. The summed E-state index contributed by atoms with van der Waals surface area (Å²) in [5, 5.41) is 14.0. The molecule has 7 heteroatoms. The first-order chi connectivity index (χ1) is 8.54. The number of aryl methyl sites for hydroxylation is 1. The monoisotopic (exact) mass is 255 g/mol. The number of hydrogen-bond donors (Lipinski definition) is 4. The molecule has 18 heavy (non-hydrogen) atoms. The van der Waals surface area contributed by atoms with Crippen LogP contribution in [0.3, 0.4) is 0 Å². The van der Waals surface area contributed by atoms with Crippen molar-refractivity contribution < 1.29 is 19.1 Å². The molecule has 7 nitrogen and oxygen atoms in total. The maximum absolute atomic E-state index is 11.3. The molecule has 1 heterocycles. The van der Waals surface area contributed by atoms with Gasteiger partial charge >= 0.3 is 12.0 Å². The van der Waals surface area contributed by atoms with Crippen molar-refractivity contribution in [2.75, 3.05) is 13.1 Å². The summed E-state index contributed by atoms with van der Waals surface area (Å²) >= 11 is 0. The molecule has 0 saturated carbocycles. The molecule has 5 N–H and O–H groups in total. The van der Waals surface area contributed by atoms with Gasteiger partial charge in [0.15, 0.2) is 0 Å². The van der Waals surface area contributed by atoms with Gasteiger partial charge in [0.2, 0.25) is 0 Å². The Kier molecular flexibility index (Phi) is 5.19. The quantitative estimate of drug-likeness (QED) is 0.550. The minimum Gasteiger partial charge on any atom is -0.478 e. The first-order valence-corrected chi connectivity index (χ1v) is 5.59. The van der Waals surface area contributed by atoms with Crippen LogP contribution in [0.1, 0.15) is 28.3 Å². The number of carboxylic acid groups (broad SMARTS) is 1. The molecule has 0 fully saturated rings. The Hall–Kier alpha value is -2.02. The lowest BCUT2D eigenvalue weighted by Crippen LogP contribution is -2.36. The summed E-state index contributed by atoms with van der Waals surface area (Å²) in [5.41, 5.74) is 5.39. The zero-order valence-corrected chi connectivity index (χ0v) is 10.2. The van der Waals surface area contributed by atoms with E-state index < -0.39 is 5.97 Å². The molecular formula is C11H17N3O4. The lowest BCUT2D eigenvalue weighted by Gasteiger charge is -2.05. The molecule has 0 aliphatic carbocycles. The fraction of sp³-hybridized carbons (Fsp3) is 0.455. The maximum atomic E-state index is 11.3. The van der Waals surface area contributed by atoms with Crippen LogP contribution >= 0.6 is 0 Å². The molecule has 1 rings (SSSR count). The molecule has 1 aromatic rings. The van der Waals surface area contributed by atoms with E-state index >= 15 is 0 Å². The van der Waals surface area contributed by atoms with E-state index in [9.17, 15) is 9.59 Å². The minimum atomic E-state index is -1.05. The van der Waals surface area contributed by atoms with Gasteiger partial charge in [-0.3, -0.25) is 0 Å². The SMILES string of the molecule is Cc1oc(CNC(=O)NCCCN)cc1C(=O)O. The van der Waals surface area contributed by atoms with Gasteiger partial charge in [-0.05, 0) is 26.0 Å². The van der Waals surface area contributed by atoms with E-state index in [1.165, 1.54) is 6.07 Å². The van der Waals surface area contributed by atoms with Crippen molar-refractivity contribution in [1.82, 2.24) is 10.6 Å². The minimum absolute atomic E-state index is 0.107. The van der Waals surface area contributed by atoms with Gasteiger partial charge in [-0.25, -0.2) is 9.59 Å². The number of urea groups is 1. The van der Waals surface area contributed by atoms with Crippen molar-refractivity contribution in [2.45, 2.75) is 19.9 Å². The lowest BCUT2D eigenvalue weighted by molar-refractivity contribution is 0.0695. The highest BCUT2D eigenvalue weighted by Gasteiger charge is 2.13. The molecule has 0 spiro atoms. The predicted octanol–water partition coefficient (Wildman–Crippen LogP) is 0.434. The van der Waals surface area contributed by atoms with Crippen molar-refractivity contribution in [3.8, 4) is 0 Å². The van der Waals surface area contributed by atoms with Crippen molar-refractivity contribution in [2.24, 2.45) is 5.73 Å². The Morgan fingerprint density at radius 2 is 2.17 bits per heavy atom. The number of furan rings is 1. The van der Waals surface area contributed by atoms with Gasteiger partial charge in [0.1, 0.15) is 17.1 Å². The zero-order valence-electron chi connectivity index (χ0n) is 10.2. The lowest BCUT2D eigenvalue weighted by atomic mass is 10.2. The molecule has 0 atom stereocenters. The fourth-order valence-corrected chi connectivity index (χ4v) is 1.38. The van der Waals surface area contributed by atoms with E-state index in [0.717, 1.165) is 0 Å². The summed E-state index contributed by atoms with van der Waals surface area (Å²) in [6.07, 6.45) is 0.705. The normalized spacial score (nSPS) is 10.1. The number of carbonyl (C=O) groups is 2. The third-order valence-corrected chi connectivity index (χ3v) is 2.29. The van der Waals surface area contributed by atoms with Gasteiger partial charge in [0.25, 0.3) is 0 Å². The first-order valence-electron chi connectivity index (χ1n) is 5.59. The van der Waals surface area contributed by atoms with Gasteiger partial charge in [-0.2, -0.15) is 0 Å². The van der Waals surface area contributed by atoms with E-state index in [4.69, 9.17) is 15.3 Å². The molecule has 0 saturated heterocycles. The van der Waals surface area contributed by atoms with E-state index in [2.05, 4.69) is 10.6 Å². The van der Waals surface area contributed by atoms with Crippen LogP contribution in [0.2, 0.25) is 0 Å². The number of aromatic carboxylic acids is 1. The van der Waals surface area contributed by atoms with Crippen molar-refractivity contribution in [3.63, 3.8) is 0 Å². The summed E-state index contributed by atoms with van der Waals surface area (Å²) < 4.78 is 5.21. The summed E-state index contributed by atoms with van der Waals surface area (Å²) in [7, 11) is 0. The predicted molar refractivity (Wildman–Crippen MR) is 64.3 cm³/mol. The molecule has 100 valence electrons. The molecule has 2 amide bonds. The number of nitrogens with two attached hydrogens (primary N) is 1. The van der Waals surface area contributed by atoms with E-state index in [-0.39, 0.29) is 18.1 Å². The topological polar surface area (TPSA) is 118 Å². The summed E-state index contributed by atoms with van der Waals surface area (Å²) in [6.45, 7) is 2.72. The Labute approximate surface area is 104 Å². The van der Waals surface area contributed by atoms with Crippen LogP contribution < -0.4 is 16.4 Å². The molecule has 0 aliphatic heterocycles. The van der Waals surface area contributed by atoms with Crippen LogP contribution in [0, 0.1) is 6.92 Å². The van der Waals surface area contributed by atoms with Crippen molar-refractivity contribution >= 4 is 12.0 Å². The van der Waals surface area contributed by atoms with Crippen LogP contribution in [-0.2, 0) is 6.54 Å². The van der Waals surface area contributed by atoms with Gasteiger partial charge in [0, 0.05) is 6.54 Å². The van der Waals surface area contributed by atoms with Crippen LogP contribution in [0.4, 0.5) is 4.79 Å². The van der Waals surface area contributed by atoms with Crippen LogP contribution in [0.15, 0.2) is 10.5 Å². The number of carbonyl (C=O) groups excluding carboxylic acids is 1. The van der Waals surface area contributed by atoms with Crippen molar-refractivity contribution in [1.29, 1.82) is 0 Å². The number of amides is 2. The van der Waals surface area contributed by atoms with Crippen LogP contribution in [-0.4, -0.2) is 30.2 Å². The third kappa shape index (κ3) is 4.10. The second-order valence-corrected chi connectivity index (χ2v) is 3.74. The van der Waals surface area contributed by atoms with Crippen molar-refractivity contribution in [3.05, 3.63) is 23.2 Å². The van der Waals surface area contributed by atoms with E-state index in [0.29, 0.717) is 31.0 Å². The highest BCUT2D eigenvalue weighted by Crippen LogP contribution is 2.14. The number of nitrogens with one attached hydrogen (secondary N) is 2. The molecule has 0 bridgehead atoms. The van der Waals surface area contributed by atoms with Gasteiger partial charge in [-0.1, -0.05) is 0 Å². The Morgan fingerprint density at radius 3 is 2.72 bits per heavy atom. The highest BCUT2D eigenvalue weighted by molar-refractivity contribution is 5.88. The van der Waals surface area contributed by atoms with Crippen LogP contribution in [0.25, 0.3) is 0 Å². The van der Waals surface area contributed by atoms with Gasteiger partial charge in [0.05, 0.1) is 6.54 Å². The van der Waals surface area contributed by atoms with Crippen LogP contribution in [0.5, 0.6) is 0 Å². The summed E-state index contributed by atoms with van der Waals surface area (Å²) in [6, 6.07) is 1.06. The first kappa shape index (κ1) is 14.0. The Balaban J connectivity index is 2.41. The standard InChI is InChI=1S/C11H17N3O4/c1-7-9(10(15)16)5-8(18-7)6-14-11(17)13-4-2-3-12/h5H,2-4,6,12H2,1H3,(H,15,16)(H2,13,14,17). The third-order valence-electron chi connectivity index (χ3n) is 2.29. The zero-order chi connectivity index (χ0) is 13.5. The molecule has 1 aromatic heterocycles. The molecular weight excluding hydrogens is 238 g/mol. The highest BCUT2D eigenvalue weighted by atomic mass is 16.4. The molecule has 0 aliphatic rings. The summed E-state index contributed by atoms with van der Waals surface area (Å²) in [4.78, 5) is 22.1. The number of rotatable bonds is 6. The molecule has 0 radical (unpaired) electrons. The summed E-state index contributed by atoms with van der Waals surface area (Å²) in [5.74, 6) is -0.323. The smallest absolute Gasteiger partial charge is 0.339 e. The Bertz CT molecular complexity index is 428. The number of carboxylic acids is 1. The molecule has 0 aromatic carbocycles.